The Morgan fingerprint density at radius 2 is 0.635 bits per heavy atom. The lowest BCUT2D eigenvalue weighted by Gasteiger charge is -2.26. The smallest absolute Gasteiger partial charge is 0.253 e. The van der Waals surface area contributed by atoms with Crippen LogP contribution in [-0.4, -0.2) is 129 Å². The third kappa shape index (κ3) is 16.8. The van der Waals surface area contributed by atoms with Crippen LogP contribution >= 0.6 is 0 Å². The largest absolute Gasteiger partial charge is 0.353 e. The summed E-state index contributed by atoms with van der Waals surface area (Å²) in [7, 11) is 0. The summed E-state index contributed by atoms with van der Waals surface area (Å²) in [6.45, 7) is 0.875. The first-order valence-corrected chi connectivity index (χ1v) is 21.8. The van der Waals surface area contributed by atoms with Crippen LogP contribution in [0, 0.1) is 0 Å². The van der Waals surface area contributed by atoms with Crippen LogP contribution in [0.5, 0.6) is 0 Å². The van der Waals surface area contributed by atoms with Crippen LogP contribution in [0.2, 0.25) is 0 Å². The second kappa shape index (κ2) is 25.5. The summed E-state index contributed by atoms with van der Waals surface area (Å²) < 4.78 is 0. The Morgan fingerprint density at radius 1 is 0.365 bits per heavy atom. The van der Waals surface area contributed by atoms with Gasteiger partial charge in [-0.15, -0.1) is 0 Å². The number of carbonyl (C=O) groups excluding carboxylic acids is 12. The second-order valence-corrected chi connectivity index (χ2v) is 15.8. The normalized spacial score (nSPS) is 16.3. The zero-order chi connectivity index (χ0) is 45.7. The molecule has 0 aromatic carbocycles. The van der Waals surface area contributed by atoms with Gasteiger partial charge in [0.25, 0.3) is 47.3 Å². The average Bonchev–Trinajstić information content (AvgIpc) is 3.95. The summed E-state index contributed by atoms with van der Waals surface area (Å²) in [5, 5.41) is 8.55. The zero-order valence-electron chi connectivity index (χ0n) is 35.5. The van der Waals surface area contributed by atoms with Crippen LogP contribution < -0.4 is 16.0 Å². The molecule has 0 aromatic heterocycles. The Bertz CT molecular complexity index is 1580. The van der Waals surface area contributed by atoms with Crippen molar-refractivity contribution in [2.24, 2.45) is 0 Å². The van der Waals surface area contributed by atoms with Crippen LogP contribution in [0.3, 0.4) is 0 Å². The number of imide groups is 4. The molecule has 1 unspecified atom stereocenters. The Balaban J connectivity index is 1.32. The molecule has 4 aliphatic heterocycles. The summed E-state index contributed by atoms with van der Waals surface area (Å²) in [4.78, 5) is 152. The molecule has 0 aromatic rings. The molecule has 0 saturated heterocycles. The first-order valence-electron chi connectivity index (χ1n) is 21.8. The maximum atomic E-state index is 13.3. The van der Waals surface area contributed by atoms with E-state index in [1.165, 1.54) is 48.6 Å². The van der Waals surface area contributed by atoms with Crippen LogP contribution in [0.25, 0.3) is 0 Å². The van der Waals surface area contributed by atoms with Crippen LogP contribution in [0.1, 0.15) is 116 Å². The van der Waals surface area contributed by atoms with Gasteiger partial charge in [-0.25, -0.2) is 0 Å². The maximum absolute atomic E-state index is 13.3. The first-order chi connectivity index (χ1) is 30.2. The molecule has 63 heavy (non-hydrogen) atoms. The number of nitrogens with one attached hydrogen (secondary N) is 3. The van der Waals surface area contributed by atoms with Crippen molar-refractivity contribution in [3.05, 3.63) is 48.6 Å². The number of rotatable bonds is 31. The van der Waals surface area contributed by atoms with Gasteiger partial charge in [0, 0.05) is 119 Å². The van der Waals surface area contributed by atoms with E-state index in [1.54, 1.807) is 0 Å². The monoisotopic (exact) mass is 875 g/mol. The molecule has 0 bridgehead atoms. The van der Waals surface area contributed by atoms with Gasteiger partial charge in [0.15, 0.2) is 0 Å². The Kier molecular flexibility index (Phi) is 19.9. The van der Waals surface area contributed by atoms with E-state index in [1.807, 2.05) is 0 Å². The van der Waals surface area contributed by atoms with Gasteiger partial charge in [-0.1, -0.05) is 25.7 Å². The predicted octanol–water partition coefficient (Wildman–Crippen LogP) is 1.32. The number of amides is 11. The van der Waals surface area contributed by atoms with Gasteiger partial charge >= 0.3 is 0 Å². The number of unbranched alkanes of at least 4 members (excludes halogenated alkanes) is 8. The third-order valence-electron chi connectivity index (χ3n) is 10.8. The molecule has 0 aliphatic carbocycles. The number of ketones is 1. The lowest BCUT2D eigenvalue weighted by Crippen LogP contribution is -2.52. The SMILES string of the molecule is O=C(CCCCCN1C(=O)C=CC1=O)CC(CC(NC(=O)CCCCCN1C(=O)C=CC1=O)NC(=O)CCCCCN1C(=O)C=CC1=O)NC(=O)CCCCCN1C(=O)C=CC1=O. The first kappa shape index (κ1) is 49.3. The van der Waals surface area contributed by atoms with E-state index in [0.717, 1.165) is 19.6 Å². The topological polar surface area (TPSA) is 254 Å². The molecule has 11 amide bonds. The summed E-state index contributed by atoms with van der Waals surface area (Å²) >= 11 is 0. The number of Topliss-reactive ketones (excluding diaryl/α,β-unsaturated/α-hetero) is 1. The van der Waals surface area contributed by atoms with Gasteiger partial charge in [0.1, 0.15) is 11.9 Å². The van der Waals surface area contributed by atoms with E-state index in [2.05, 4.69) is 16.0 Å². The molecule has 4 heterocycles. The lowest BCUT2D eigenvalue weighted by atomic mass is 10.0. The molecular weight excluding hydrogens is 819 g/mol. The maximum Gasteiger partial charge on any atom is 0.253 e. The molecule has 3 N–H and O–H groups in total. The summed E-state index contributed by atoms with van der Waals surface area (Å²) in [6.07, 6.45) is 14.7. The minimum absolute atomic E-state index is 0.0360. The number of hydrogen-bond donors (Lipinski definition) is 3. The highest BCUT2D eigenvalue weighted by Gasteiger charge is 2.27. The molecule has 1 atom stereocenters. The average molecular weight is 876 g/mol. The van der Waals surface area contributed by atoms with Crippen molar-refractivity contribution in [1.82, 2.24) is 35.6 Å². The Morgan fingerprint density at radius 3 is 0.937 bits per heavy atom. The fourth-order valence-electron chi connectivity index (χ4n) is 7.41. The van der Waals surface area contributed by atoms with Crippen molar-refractivity contribution in [3.63, 3.8) is 0 Å². The molecule has 4 aliphatic rings. The fraction of sp³-hybridized carbons (Fsp3) is 0.545. The van der Waals surface area contributed by atoms with E-state index in [-0.39, 0.29) is 124 Å². The molecule has 0 spiro atoms. The fourth-order valence-corrected chi connectivity index (χ4v) is 7.41. The van der Waals surface area contributed by atoms with E-state index in [0.29, 0.717) is 77.0 Å². The molecule has 0 saturated carbocycles. The Hall–Kier alpha value is -6.40. The molecule has 0 radical (unpaired) electrons. The molecule has 0 fully saturated rings. The van der Waals surface area contributed by atoms with Gasteiger partial charge in [-0.05, 0) is 51.4 Å². The van der Waals surface area contributed by atoms with E-state index >= 15 is 0 Å². The predicted molar refractivity (Wildman–Crippen MR) is 224 cm³/mol. The quantitative estimate of drug-likeness (QED) is 0.0507. The van der Waals surface area contributed by atoms with Gasteiger partial charge in [0.05, 0.1) is 0 Å². The van der Waals surface area contributed by atoms with Gasteiger partial charge in [0.2, 0.25) is 17.7 Å². The van der Waals surface area contributed by atoms with E-state index in [4.69, 9.17) is 0 Å². The summed E-state index contributed by atoms with van der Waals surface area (Å²) in [5.74, 6) is -4.45. The summed E-state index contributed by atoms with van der Waals surface area (Å²) in [6, 6.07) is -0.805. The lowest BCUT2D eigenvalue weighted by molar-refractivity contribution is -0.138. The zero-order valence-corrected chi connectivity index (χ0v) is 35.5. The highest BCUT2D eigenvalue weighted by atomic mass is 16.2. The number of hydrogen-bond acceptors (Lipinski definition) is 12. The van der Waals surface area contributed by atoms with Crippen molar-refractivity contribution in [2.75, 3.05) is 26.2 Å². The minimum atomic E-state index is -0.992. The van der Waals surface area contributed by atoms with Crippen molar-refractivity contribution < 1.29 is 57.5 Å². The van der Waals surface area contributed by atoms with E-state index in [9.17, 15) is 57.5 Å². The third-order valence-corrected chi connectivity index (χ3v) is 10.8. The molecule has 4 rings (SSSR count). The van der Waals surface area contributed by atoms with Crippen LogP contribution in [0.4, 0.5) is 0 Å². The van der Waals surface area contributed by atoms with Crippen molar-refractivity contribution >= 4 is 70.8 Å². The molecule has 340 valence electrons. The summed E-state index contributed by atoms with van der Waals surface area (Å²) in [5.41, 5.74) is 0. The highest BCUT2D eigenvalue weighted by Crippen LogP contribution is 2.14. The minimum Gasteiger partial charge on any atom is -0.353 e. The van der Waals surface area contributed by atoms with Gasteiger partial charge in [-0.2, -0.15) is 0 Å². The van der Waals surface area contributed by atoms with Crippen LogP contribution in [0.15, 0.2) is 48.6 Å². The Labute approximate surface area is 365 Å². The number of carbonyl (C=O) groups is 12. The second-order valence-electron chi connectivity index (χ2n) is 15.8. The van der Waals surface area contributed by atoms with Gasteiger partial charge in [-0.3, -0.25) is 77.1 Å². The number of nitrogens with zero attached hydrogens (tertiary/aromatic N) is 4. The highest BCUT2D eigenvalue weighted by molar-refractivity contribution is 6.14. The molecule has 19 nitrogen and oxygen atoms in total. The van der Waals surface area contributed by atoms with Gasteiger partial charge < -0.3 is 16.0 Å². The standard InChI is InChI=1S/C44H57N7O12/c52-32(13-5-1-9-25-48-37(56)17-18-38(48)57)29-31(45-34(53)14-6-2-10-26-49-39(58)19-20-40(49)59)30-33(46-35(54)15-7-3-11-27-50-41(60)21-22-42(50)61)47-36(55)16-8-4-12-28-51-43(62)23-24-44(51)63/h17-24,31,33H,1-16,25-30H2,(H,45,53)(H,46,54)(H,47,55). The molecule has 19 heteroatoms. The van der Waals surface area contributed by atoms with Crippen molar-refractivity contribution in [1.29, 1.82) is 0 Å². The van der Waals surface area contributed by atoms with Crippen molar-refractivity contribution in [3.8, 4) is 0 Å². The van der Waals surface area contributed by atoms with Crippen LogP contribution in [-0.2, 0) is 57.5 Å². The van der Waals surface area contributed by atoms with Crippen molar-refractivity contribution in [2.45, 2.75) is 128 Å². The molecular formula is C44H57N7O12. The van der Waals surface area contributed by atoms with E-state index < -0.39 is 24.0 Å².